The van der Waals surface area contributed by atoms with Gasteiger partial charge in [-0.3, -0.25) is 9.78 Å². The van der Waals surface area contributed by atoms with Crippen molar-refractivity contribution in [3.8, 4) is 28.6 Å². The van der Waals surface area contributed by atoms with E-state index >= 15 is 0 Å². The highest BCUT2D eigenvalue weighted by atomic mass is 19.1. The molecule has 0 saturated heterocycles. The second kappa shape index (κ2) is 9.86. The monoisotopic (exact) mass is 547 g/mol. The lowest BCUT2D eigenvalue weighted by molar-refractivity contribution is 0.252. The summed E-state index contributed by atoms with van der Waals surface area (Å²) in [5.74, 6) is -0.162. The predicted octanol–water partition coefficient (Wildman–Crippen LogP) is 3.52. The standard InChI is InChI=1S/C28H18FN9O3/c1-16-32-10-11-36(16)19-7-8-22(21(29)13-19)33-27(40)37-26(39)25-24(34-28(37)41)23(14-30)35-38(25)20-6-2-4-17(12-20)18-5-3-9-31-15-18/h2-13,15H,1H3,(H,33,40)(H,34,41). The number of hydrogen-bond donors (Lipinski definition) is 2. The number of halogens is 1. The van der Waals surface area contributed by atoms with Crippen molar-refractivity contribution in [2.75, 3.05) is 5.32 Å². The molecule has 0 saturated carbocycles. The predicted molar refractivity (Wildman–Crippen MR) is 147 cm³/mol. The Kier molecular flexibility index (Phi) is 6.04. The number of anilines is 1. The summed E-state index contributed by atoms with van der Waals surface area (Å²) in [4.78, 5) is 50.2. The lowest BCUT2D eigenvalue weighted by atomic mass is 10.1. The molecule has 200 valence electrons. The Balaban J connectivity index is 1.43. The number of pyridine rings is 1. The van der Waals surface area contributed by atoms with Crippen molar-refractivity contribution in [1.82, 2.24) is 33.9 Å². The van der Waals surface area contributed by atoms with Crippen LogP contribution in [-0.2, 0) is 0 Å². The van der Waals surface area contributed by atoms with Crippen molar-refractivity contribution >= 4 is 22.8 Å². The average molecular weight is 548 g/mol. The molecule has 0 aliphatic carbocycles. The van der Waals surface area contributed by atoms with Crippen LogP contribution in [0.2, 0.25) is 0 Å². The van der Waals surface area contributed by atoms with Gasteiger partial charge in [0.15, 0.2) is 11.2 Å². The minimum Gasteiger partial charge on any atom is -0.304 e. The van der Waals surface area contributed by atoms with Crippen LogP contribution in [-0.4, -0.2) is 39.9 Å². The van der Waals surface area contributed by atoms with E-state index in [2.05, 4.69) is 25.4 Å². The summed E-state index contributed by atoms with van der Waals surface area (Å²) in [5.41, 5.74) is -0.574. The molecule has 0 fully saturated rings. The van der Waals surface area contributed by atoms with E-state index in [0.717, 1.165) is 11.1 Å². The second-order valence-electron chi connectivity index (χ2n) is 8.90. The van der Waals surface area contributed by atoms with E-state index in [0.29, 0.717) is 21.8 Å². The van der Waals surface area contributed by atoms with Gasteiger partial charge in [-0.2, -0.15) is 14.9 Å². The zero-order valence-electron chi connectivity index (χ0n) is 21.2. The van der Waals surface area contributed by atoms with Gasteiger partial charge in [-0.1, -0.05) is 18.2 Å². The van der Waals surface area contributed by atoms with Crippen molar-refractivity contribution in [2.45, 2.75) is 6.92 Å². The van der Waals surface area contributed by atoms with Gasteiger partial charge in [-0.15, -0.1) is 0 Å². The quantitative estimate of drug-likeness (QED) is 0.342. The number of nitrogens with one attached hydrogen (secondary N) is 2. The van der Waals surface area contributed by atoms with E-state index in [1.807, 2.05) is 18.2 Å². The Labute approximate surface area is 229 Å². The molecule has 2 aromatic carbocycles. The maximum atomic E-state index is 14.9. The fourth-order valence-corrected chi connectivity index (χ4v) is 4.47. The van der Waals surface area contributed by atoms with Crippen molar-refractivity contribution in [3.05, 3.63) is 118 Å². The Morgan fingerprint density at radius 3 is 2.59 bits per heavy atom. The fourth-order valence-electron chi connectivity index (χ4n) is 4.47. The molecular weight excluding hydrogens is 529 g/mol. The lowest BCUT2D eigenvalue weighted by Gasteiger charge is -2.11. The number of fused-ring (bicyclic) bond motifs is 1. The first-order valence-corrected chi connectivity index (χ1v) is 12.2. The third-order valence-electron chi connectivity index (χ3n) is 6.42. The molecule has 0 unspecified atom stereocenters. The van der Waals surface area contributed by atoms with Gasteiger partial charge in [0, 0.05) is 42.1 Å². The molecule has 0 aliphatic rings. The highest BCUT2D eigenvalue weighted by Gasteiger charge is 2.23. The Morgan fingerprint density at radius 1 is 1.05 bits per heavy atom. The number of rotatable bonds is 4. The molecule has 4 heterocycles. The van der Waals surface area contributed by atoms with E-state index in [4.69, 9.17) is 0 Å². The van der Waals surface area contributed by atoms with E-state index in [1.54, 1.807) is 66.6 Å². The van der Waals surface area contributed by atoms with Gasteiger partial charge in [-0.25, -0.2) is 23.6 Å². The first-order valence-electron chi connectivity index (χ1n) is 12.2. The molecule has 6 rings (SSSR count). The molecule has 0 radical (unpaired) electrons. The van der Waals surface area contributed by atoms with Crippen LogP contribution in [0.25, 0.3) is 33.5 Å². The molecule has 0 spiro atoms. The molecule has 13 heteroatoms. The van der Waals surface area contributed by atoms with Crippen LogP contribution in [0, 0.1) is 24.1 Å². The highest BCUT2D eigenvalue weighted by molar-refractivity contribution is 5.93. The number of aromatic nitrogens is 7. The van der Waals surface area contributed by atoms with E-state index in [-0.39, 0.29) is 22.4 Å². The molecule has 41 heavy (non-hydrogen) atoms. The zero-order valence-corrected chi connectivity index (χ0v) is 21.2. The smallest absolute Gasteiger partial charge is 0.304 e. The summed E-state index contributed by atoms with van der Waals surface area (Å²) in [6.45, 7) is 1.75. The Bertz CT molecular complexity index is 2140. The number of nitrogens with zero attached hydrogens (tertiary/aromatic N) is 7. The van der Waals surface area contributed by atoms with Crippen molar-refractivity contribution in [1.29, 1.82) is 5.26 Å². The maximum Gasteiger partial charge on any atom is 0.337 e. The summed E-state index contributed by atoms with van der Waals surface area (Å²) in [7, 11) is 0. The lowest BCUT2D eigenvalue weighted by Crippen LogP contribution is -2.42. The summed E-state index contributed by atoms with van der Waals surface area (Å²) >= 11 is 0. The SMILES string of the molecule is Cc1nccn1-c1ccc(NC(=O)n2c(=O)[nH]c3c(C#N)nn(-c4cccc(-c5cccnc5)c4)c3c2=O)c(F)c1. The number of aryl methyl sites for hydroxylation is 1. The third kappa shape index (κ3) is 4.35. The van der Waals surface area contributed by atoms with Crippen LogP contribution >= 0.6 is 0 Å². The topological polar surface area (TPSA) is 156 Å². The molecule has 0 atom stereocenters. The van der Waals surface area contributed by atoms with Crippen LogP contribution in [0.4, 0.5) is 14.9 Å². The molecule has 0 bridgehead atoms. The molecular formula is C28H18FN9O3. The van der Waals surface area contributed by atoms with Crippen molar-refractivity contribution in [2.24, 2.45) is 0 Å². The first kappa shape index (κ1) is 25.1. The summed E-state index contributed by atoms with van der Waals surface area (Å²) in [6, 6.07) is 15.3. The number of carbonyl (C=O) groups excluding carboxylic acids is 1. The number of carbonyl (C=O) groups is 1. The minimum atomic E-state index is -1.20. The normalized spacial score (nSPS) is 11.0. The second-order valence-corrected chi connectivity index (χ2v) is 8.90. The first-order chi connectivity index (χ1) is 19.9. The van der Waals surface area contributed by atoms with Crippen LogP contribution in [0.5, 0.6) is 0 Å². The fraction of sp³-hybridized carbons (Fsp3) is 0.0357. The largest absolute Gasteiger partial charge is 0.337 e. The van der Waals surface area contributed by atoms with Gasteiger partial charge in [-0.05, 0) is 42.8 Å². The van der Waals surface area contributed by atoms with Crippen molar-refractivity contribution in [3.63, 3.8) is 0 Å². The molecule has 2 N–H and O–H groups in total. The van der Waals surface area contributed by atoms with Crippen LogP contribution in [0.15, 0.2) is 89.0 Å². The Morgan fingerprint density at radius 2 is 1.88 bits per heavy atom. The van der Waals surface area contributed by atoms with Crippen LogP contribution < -0.4 is 16.6 Å². The zero-order chi connectivity index (χ0) is 28.7. The number of aromatic amines is 1. The minimum absolute atomic E-state index is 0.135. The molecule has 1 amide bonds. The van der Waals surface area contributed by atoms with Gasteiger partial charge in [0.2, 0.25) is 0 Å². The number of imidazole rings is 1. The highest BCUT2D eigenvalue weighted by Crippen LogP contribution is 2.24. The molecule has 6 aromatic rings. The number of benzene rings is 2. The number of nitriles is 1. The van der Waals surface area contributed by atoms with Crippen LogP contribution in [0.1, 0.15) is 11.5 Å². The number of amides is 1. The van der Waals surface area contributed by atoms with E-state index in [9.17, 15) is 24.0 Å². The summed E-state index contributed by atoms with van der Waals surface area (Å²) < 4.78 is 18.1. The number of hydrogen-bond acceptors (Lipinski definition) is 7. The van der Waals surface area contributed by atoms with Crippen molar-refractivity contribution < 1.29 is 9.18 Å². The van der Waals surface area contributed by atoms with Gasteiger partial charge in [0.1, 0.15) is 23.2 Å². The summed E-state index contributed by atoms with van der Waals surface area (Å²) in [5, 5.41) is 16.1. The van der Waals surface area contributed by atoms with E-state index < -0.39 is 23.1 Å². The Hall–Kier alpha value is -6.16. The van der Waals surface area contributed by atoms with Gasteiger partial charge in [0.05, 0.1) is 11.4 Å². The number of H-pyrrole nitrogens is 1. The van der Waals surface area contributed by atoms with Gasteiger partial charge < -0.3 is 14.9 Å². The molecule has 4 aromatic heterocycles. The third-order valence-corrected chi connectivity index (χ3v) is 6.42. The summed E-state index contributed by atoms with van der Waals surface area (Å²) in [6.07, 6.45) is 6.52. The van der Waals surface area contributed by atoms with Gasteiger partial charge >= 0.3 is 11.7 Å². The van der Waals surface area contributed by atoms with Gasteiger partial charge in [0.25, 0.3) is 5.56 Å². The molecule has 12 nitrogen and oxygen atoms in total. The van der Waals surface area contributed by atoms with E-state index in [1.165, 1.54) is 16.8 Å². The van der Waals surface area contributed by atoms with Crippen LogP contribution in [0.3, 0.4) is 0 Å². The maximum absolute atomic E-state index is 14.9. The average Bonchev–Trinajstić information content (AvgIpc) is 3.58. The molecule has 0 aliphatic heterocycles.